The van der Waals surface area contributed by atoms with E-state index < -0.39 is 11.9 Å². The van der Waals surface area contributed by atoms with Gasteiger partial charge in [-0.3, -0.25) is 9.59 Å². The Morgan fingerprint density at radius 3 is 2.35 bits per heavy atom. The lowest BCUT2D eigenvalue weighted by Crippen LogP contribution is -2.13. The van der Waals surface area contributed by atoms with Gasteiger partial charge in [-0.2, -0.15) is 0 Å². The number of hydrogen-bond acceptors (Lipinski definition) is 5. The number of hydrogen-bond donors (Lipinski definition) is 1. The van der Waals surface area contributed by atoms with Gasteiger partial charge in [-0.05, 0) is 0 Å². The lowest BCUT2D eigenvalue weighted by atomic mass is 10.3. The van der Waals surface area contributed by atoms with Crippen LogP contribution in [-0.4, -0.2) is 50.1 Å². The van der Waals surface area contributed by atoms with Crippen molar-refractivity contribution < 1.29 is 28.9 Å². The van der Waals surface area contributed by atoms with Crippen LogP contribution in [0.1, 0.15) is 12.8 Å². The molecular weight excluding hydrogens is 228 g/mol. The molecule has 0 aromatic rings. The third-order valence-corrected chi connectivity index (χ3v) is 1.64. The molecule has 0 radical (unpaired) electrons. The fourth-order valence-corrected chi connectivity index (χ4v) is 0.882. The summed E-state index contributed by atoms with van der Waals surface area (Å²) in [6.45, 7) is 5.25. The first kappa shape index (κ1) is 15.6. The van der Waals surface area contributed by atoms with Gasteiger partial charge in [0.1, 0.15) is 6.61 Å². The zero-order chi connectivity index (χ0) is 12.9. The smallest absolute Gasteiger partial charge is 0.306 e. The van der Waals surface area contributed by atoms with Gasteiger partial charge >= 0.3 is 11.9 Å². The molecule has 0 aliphatic heterocycles. The van der Waals surface area contributed by atoms with Crippen molar-refractivity contribution in [2.45, 2.75) is 12.8 Å². The molecular formula is C11H18O6. The van der Waals surface area contributed by atoms with Crippen LogP contribution in [0.3, 0.4) is 0 Å². The Hall–Kier alpha value is -1.40. The van der Waals surface area contributed by atoms with Crippen LogP contribution >= 0.6 is 0 Å². The monoisotopic (exact) mass is 246 g/mol. The van der Waals surface area contributed by atoms with Gasteiger partial charge in [0.15, 0.2) is 0 Å². The van der Waals surface area contributed by atoms with E-state index in [4.69, 9.17) is 19.3 Å². The molecule has 0 aliphatic rings. The summed E-state index contributed by atoms with van der Waals surface area (Å²) in [6.07, 6.45) is 1.32. The highest BCUT2D eigenvalue weighted by Gasteiger charge is 2.05. The summed E-state index contributed by atoms with van der Waals surface area (Å²) in [5.74, 6) is -1.54. The second-order valence-corrected chi connectivity index (χ2v) is 3.09. The maximum absolute atomic E-state index is 10.9. The minimum atomic E-state index is -1.02. The molecule has 0 aliphatic carbocycles. The lowest BCUT2D eigenvalue weighted by molar-refractivity contribution is -0.148. The Kier molecular flexibility index (Phi) is 10.2. The molecule has 0 unspecified atom stereocenters. The average Bonchev–Trinajstić information content (AvgIpc) is 2.30. The van der Waals surface area contributed by atoms with Crippen LogP contribution in [0.5, 0.6) is 0 Å². The topological polar surface area (TPSA) is 82.1 Å². The summed E-state index contributed by atoms with van der Waals surface area (Å²) in [5, 5.41) is 8.32. The van der Waals surface area contributed by atoms with Crippen molar-refractivity contribution in [3.05, 3.63) is 12.7 Å². The number of aliphatic carboxylic acids is 1. The maximum atomic E-state index is 10.9. The van der Waals surface area contributed by atoms with E-state index >= 15 is 0 Å². The zero-order valence-electron chi connectivity index (χ0n) is 9.72. The average molecular weight is 246 g/mol. The number of ether oxygens (including phenoxy) is 3. The molecule has 0 amide bonds. The normalized spacial score (nSPS) is 9.88. The number of carboxylic acid groups (broad SMARTS) is 1. The number of carboxylic acids is 1. The Morgan fingerprint density at radius 1 is 1.06 bits per heavy atom. The number of carbonyl (C=O) groups is 2. The minimum Gasteiger partial charge on any atom is -0.481 e. The van der Waals surface area contributed by atoms with Gasteiger partial charge in [-0.15, -0.1) is 6.58 Å². The number of rotatable bonds is 11. The van der Waals surface area contributed by atoms with Crippen molar-refractivity contribution in [3.8, 4) is 0 Å². The van der Waals surface area contributed by atoms with E-state index in [1.165, 1.54) is 0 Å². The van der Waals surface area contributed by atoms with Crippen LogP contribution in [0.2, 0.25) is 0 Å². The van der Waals surface area contributed by atoms with E-state index in [-0.39, 0.29) is 26.1 Å². The molecule has 0 bridgehead atoms. The van der Waals surface area contributed by atoms with Gasteiger partial charge < -0.3 is 19.3 Å². The van der Waals surface area contributed by atoms with Crippen LogP contribution in [0.25, 0.3) is 0 Å². The molecule has 1 N–H and O–H groups in total. The highest BCUT2D eigenvalue weighted by Crippen LogP contribution is 1.92. The molecule has 0 aromatic heterocycles. The van der Waals surface area contributed by atoms with E-state index in [1.54, 1.807) is 6.08 Å². The Morgan fingerprint density at radius 2 is 1.71 bits per heavy atom. The lowest BCUT2D eigenvalue weighted by Gasteiger charge is -2.05. The summed E-state index contributed by atoms with van der Waals surface area (Å²) >= 11 is 0. The van der Waals surface area contributed by atoms with Crippen LogP contribution in [0, 0.1) is 0 Å². The van der Waals surface area contributed by atoms with Gasteiger partial charge in [-0.25, -0.2) is 0 Å². The predicted molar refractivity (Wildman–Crippen MR) is 59.7 cm³/mol. The van der Waals surface area contributed by atoms with E-state index in [0.29, 0.717) is 19.8 Å². The second kappa shape index (κ2) is 11.1. The minimum absolute atomic E-state index is 0.113. The molecule has 0 fully saturated rings. The molecule has 0 saturated carbocycles. The molecule has 0 aromatic carbocycles. The van der Waals surface area contributed by atoms with Crippen molar-refractivity contribution in [1.82, 2.24) is 0 Å². The first-order valence-electron chi connectivity index (χ1n) is 5.30. The van der Waals surface area contributed by atoms with Gasteiger partial charge in [0.25, 0.3) is 0 Å². The predicted octanol–water partition coefficient (Wildman–Crippen LogP) is 0.614. The maximum Gasteiger partial charge on any atom is 0.306 e. The fraction of sp³-hybridized carbons (Fsp3) is 0.636. The van der Waals surface area contributed by atoms with E-state index in [1.807, 2.05) is 0 Å². The first-order valence-corrected chi connectivity index (χ1v) is 5.30. The Bertz CT molecular complexity index is 238. The summed E-state index contributed by atoms with van der Waals surface area (Å²) in [7, 11) is 0. The van der Waals surface area contributed by atoms with Gasteiger partial charge in [0, 0.05) is 0 Å². The first-order chi connectivity index (χ1) is 8.16. The SMILES string of the molecule is C=CCOCCOCCOC(=O)CCC(=O)O. The van der Waals surface area contributed by atoms with E-state index in [2.05, 4.69) is 6.58 Å². The van der Waals surface area contributed by atoms with Crippen molar-refractivity contribution in [3.63, 3.8) is 0 Å². The summed E-state index contributed by atoms with van der Waals surface area (Å²) < 4.78 is 14.9. The van der Waals surface area contributed by atoms with Gasteiger partial charge in [-0.1, -0.05) is 6.08 Å². The molecule has 6 heteroatoms. The van der Waals surface area contributed by atoms with Crippen molar-refractivity contribution in [2.75, 3.05) is 33.0 Å². The molecule has 17 heavy (non-hydrogen) atoms. The number of carbonyl (C=O) groups excluding carboxylic acids is 1. The third kappa shape index (κ3) is 12.5. The Labute approximate surface area is 100 Å². The second-order valence-electron chi connectivity index (χ2n) is 3.09. The molecule has 0 atom stereocenters. The van der Waals surface area contributed by atoms with Crippen LogP contribution in [0.4, 0.5) is 0 Å². The summed E-state index contributed by atoms with van der Waals surface area (Å²) in [5.41, 5.74) is 0. The molecule has 0 spiro atoms. The molecule has 6 nitrogen and oxygen atoms in total. The van der Waals surface area contributed by atoms with Crippen LogP contribution in [0.15, 0.2) is 12.7 Å². The summed E-state index contributed by atoms with van der Waals surface area (Å²) in [4.78, 5) is 21.1. The molecule has 0 heterocycles. The molecule has 0 saturated heterocycles. The van der Waals surface area contributed by atoms with Gasteiger partial charge in [0.05, 0.1) is 39.3 Å². The highest BCUT2D eigenvalue weighted by molar-refractivity contribution is 5.76. The zero-order valence-corrected chi connectivity index (χ0v) is 9.72. The third-order valence-electron chi connectivity index (χ3n) is 1.64. The fourth-order valence-electron chi connectivity index (χ4n) is 0.882. The molecule has 0 rings (SSSR count). The quantitative estimate of drug-likeness (QED) is 0.327. The molecule has 98 valence electrons. The van der Waals surface area contributed by atoms with Crippen molar-refractivity contribution in [2.24, 2.45) is 0 Å². The van der Waals surface area contributed by atoms with E-state index in [9.17, 15) is 9.59 Å². The van der Waals surface area contributed by atoms with Crippen molar-refractivity contribution in [1.29, 1.82) is 0 Å². The summed E-state index contributed by atoms with van der Waals surface area (Å²) in [6, 6.07) is 0. The van der Waals surface area contributed by atoms with Crippen LogP contribution < -0.4 is 0 Å². The number of esters is 1. The van der Waals surface area contributed by atoms with Gasteiger partial charge in [0.2, 0.25) is 0 Å². The van der Waals surface area contributed by atoms with Crippen molar-refractivity contribution >= 4 is 11.9 Å². The Balaban J connectivity index is 3.19. The largest absolute Gasteiger partial charge is 0.481 e. The van der Waals surface area contributed by atoms with E-state index in [0.717, 1.165) is 0 Å². The van der Waals surface area contributed by atoms with Crippen LogP contribution in [-0.2, 0) is 23.8 Å². The highest BCUT2D eigenvalue weighted by atomic mass is 16.6. The standard InChI is InChI=1S/C11H18O6/c1-2-5-15-6-7-16-8-9-17-11(14)4-3-10(12)13/h2H,1,3-9H2,(H,12,13).